The molecule has 4 bridgehead atoms. The van der Waals surface area contributed by atoms with Gasteiger partial charge in [0.2, 0.25) is 0 Å². The van der Waals surface area contributed by atoms with Crippen LogP contribution in [0.15, 0.2) is 0 Å². The highest BCUT2D eigenvalue weighted by atomic mass is 28.4. The lowest BCUT2D eigenvalue weighted by Crippen LogP contribution is -2.72. The van der Waals surface area contributed by atoms with Crippen LogP contribution < -0.4 is 0 Å². The largest absolute Gasteiger partial charge is 0.507 e. The van der Waals surface area contributed by atoms with Crippen LogP contribution in [-0.2, 0) is 31.3 Å². The smallest absolute Gasteiger partial charge is 0.381 e. The number of hydrogen-bond donors (Lipinski definition) is 0. The molecule has 170 valence electrons. The lowest BCUT2D eigenvalue weighted by Gasteiger charge is -2.69. The highest BCUT2D eigenvalue weighted by molar-refractivity contribution is 6.67. The van der Waals surface area contributed by atoms with Gasteiger partial charge in [-0.2, -0.15) is 0 Å². The van der Waals surface area contributed by atoms with Gasteiger partial charge in [-0.1, -0.05) is 6.92 Å². The molecule has 4 aliphatic carbocycles. The molecule has 0 N–H and O–H groups in total. The number of ether oxygens (including phenoxy) is 1. The van der Waals surface area contributed by atoms with Crippen LogP contribution in [0.3, 0.4) is 0 Å². The van der Waals surface area contributed by atoms with Crippen LogP contribution in [0.5, 0.6) is 0 Å². The van der Waals surface area contributed by atoms with Crippen LogP contribution in [-0.4, -0.2) is 73.5 Å². The first kappa shape index (κ1) is 23.8. The molecular formula is C20H40O7Si2. The van der Waals surface area contributed by atoms with E-state index in [9.17, 15) is 0 Å². The van der Waals surface area contributed by atoms with Gasteiger partial charge in [-0.05, 0) is 50.4 Å². The van der Waals surface area contributed by atoms with Crippen LogP contribution >= 0.6 is 0 Å². The maximum absolute atomic E-state index is 6.23. The molecule has 0 unspecified atom stereocenters. The molecule has 0 amide bonds. The maximum atomic E-state index is 6.23. The summed E-state index contributed by atoms with van der Waals surface area (Å²) in [4.78, 5) is 0. The SMILES string of the molecule is CCCOCC1C2([Si](OC)(OC)OC)CC3CC(C2)CC1([Si](OC)(OC)OC)C3. The molecule has 4 fully saturated rings. The third-order valence-corrected chi connectivity index (χ3v) is 15.3. The van der Waals surface area contributed by atoms with E-state index in [-0.39, 0.29) is 16.0 Å². The Morgan fingerprint density at radius 1 is 0.690 bits per heavy atom. The van der Waals surface area contributed by atoms with Crippen molar-refractivity contribution in [1.29, 1.82) is 0 Å². The molecule has 9 heteroatoms. The average Bonchev–Trinajstić information content (AvgIpc) is 2.73. The summed E-state index contributed by atoms with van der Waals surface area (Å²) in [6, 6.07) is 0. The standard InChI is InChI=1S/C20H40O7Si2/c1-8-9-27-15-18-19(28(21-2,22-3)23-4)11-16-10-17(12-19)14-20(18,13-16)29(24-5,25-6)26-7/h16-18H,8-15H2,1-7H3. The minimum atomic E-state index is -2.98. The molecular weight excluding hydrogens is 408 g/mol. The first-order chi connectivity index (χ1) is 13.9. The van der Waals surface area contributed by atoms with E-state index < -0.39 is 17.6 Å². The molecule has 4 aliphatic rings. The molecule has 0 aliphatic heterocycles. The molecule has 0 spiro atoms. The summed E-state index contributed by atoms with van der Waals surface area (Å²) in [5.41, 5.74) is 0. The number of rotatable bonds is 12. The average molecular weight is 449 g/mol. The Morgan fingerprint density at radius 3 is 1.38 bits per heavy atom. The molecule has 0 saturated heterocycles. The second-order valence-electron chi connectivity index (χ2n) is 9.06. The Hall–Kier alpha value is 0.154. The molecule has 29 heavy (non-hydrogen) atoms. The van der Waals surface area contributed by atoms with Crippen molar-refractivity contribution in [1.82, 2.24) is 0 Å². The van der Waals surface area contributed by atoms with E-state index >= 15 is 0 Å². The fraction of sp³-hybridized carbons (Fsp3) is 1.00. The molecule has 4 rings (SSSR count). The van der Waals surface area contributed by atoms with Crippen molar-refractivity contribution >= 4 is 17.6 Å². The molecule has 0 aromatic carbocycles. The molecule has 0 atom stereocenters. The summed E-state index contributed by atoms with van der Waals surface area (Å²) in [5, 5.41) is -0.423. The maximum Gasteiger partial charge on any atom is 0.507 e. The van der Waals surface area contributed by atoms with Gasteiger partial charge in [-0.15, -0.1) is 0 Å². The van der Waals surface area contributed by atoms with Gasteiger partial charge in [0.1, 0.15) is 0 Å². The van der Waals surface area contributed by atoms with E-state index in [2.05, 4.69) is 6.92 Å². The van der Waals surface area contributed by atoms with Gasteiger partial charge in [-0.3, -0.25) is 0 Å². The zero-order valence-corrected chi connectivity index (χ0v) is 21.2. The van der Waals surface area contributed by atoms with Crippen molar-refractivity contribution in [3.8, 4) is 0 Å². The summed E-state index contributed by atoms with van der Waals surface area (Å²) in [7, 11) is 4.47. The first-order valence-corrected chi connectivity index (χ1v) is 14.3. The van der Waals surface area contributed by atoms with Crippen molar-refractivity contribution in [2.75, 3.05) is 55.9 Å². The van der Waals surface area contributed by atoms with Crippen molar-refractivity contribution < 1.29 is 31.3 Å². The minimum Gasteiger partial charge on any atom is -0.381 e. The van der Waals surface area contributed by atoms with E-state index in [0.717, 1.165) is 38.7 Å². The van der Waals surface area contributed by atoms with Gasteiger partial charge >= 0.3 is 17.6 Å². The van der Waals surface area contributed by atoms with Crippen molar-refractivity contribution in [2.45, 2.75) is 55.5 Å². The quantitative estimate of drug-likeness (QED) is 0.334. The minimum absolute atomic E-state index is 0.146. The monoisotopic (exact) mass is 448 g/mol. The van der Waals surface area contributed by atoms with E-state index in [4.69, 9.17) is 31.3 Å². The fourth-order valence-corrected chi connectivity index (χ4v) is 14.9. The molecule has 0 aromatic rings. The van der Waals surface area contributed by atoms with Crippen LogP contribution in [0.25, 0.3) is 0 Å². The van der Waals surface area contributed by atoms with Gasteiger partial charge in [0, 0.05) is 65.3 Å². The van der Waals surface area contributed by atoms with Gasteiger partial charge in [0.05, 0.1) is 6.61 Å². The molecule has 4 saturated carbocycles. The van der Waals surface area contributed by atoms with Gasteiger partial charge in [0.15, 0.2) is 0 Å². The van der Waals surface area contributed by atoms with Crippen LogP contribution in [0.2, 0.25) is 10.1 Å². The van der Waals surface area contributed by atoms with Gasteiger partial charge in [-0.25, -0.2) is 0 Å². The summed E-state index contributed by atoms with van der Waals surface area (Å²) < 4.78 is 43.1. The lowest BCUT2D eigenvalue weighted by atomic mass is 9.50. The second-order valence-corrected chi connectivity index (χ2v) is 15.7. The number of hydrogen-bond acceptors (Lipinski definition) is 7. The van der Waals surface area contributed by atoms with E-state index in [1.165, 1.54) is 6.42 Å². The van der Waals surface area contributed by atoms with Gasteiger partial charge in [0.25, 0.3) is 0 Å². The summed E-state index contributed by atoms with van der Waals surface area (Å²) in [6.07, 6.45) is 6.43. The Morgan fingerprint density at radius 2 is 1.07 bits per heavy atom. The molecule has 7 nitrogen and oxygen atoms in total. The Labute approximate surface area is 178 Å². The predicted octanol–water partition coefficient (Wildman–Crippen LogP) is 3.49. The second kappa shape index (κ2) is 8.95. The summed E-state index contributed by atoms with van der Waals surface area (Å²) in [6.45, 7) is 3.50. The third-order valence-electron chi connectivity index (χ3n) is 8.08. The Bertz CT molecular complexity index is 482. The van der Waals surface area contributed by atoms with Crippen molar-refractivity contribution in [3.63, 3.8) is 0 Å². The third kappa shape index (κ3) is 3.24. The predicted molar refractivity (Wildman–Crippen MR) is 114 cm³/mol. The lowest BCUT2D eigenvalue weighted by molar-refractivity contribution is -0.113. The van der Waals surface area contributed by atoms with Crippen molar-refractivity contribution in [2.24, 2.45) is 17.8 Å². The normalized spacial score (nSPS) is 36.7. The van der Waals surface area contributed by atoms with E-state index in [0.29, 0.717) is 18.4 Å². The zero-order valence-electron chi connectivity index (χ0n) is 19.2. The Kier molecular flexibility index (Phi) is 7.35. The highest BCUT2D eigenvalue weighted by Gasteiger charge is 2.80. The van der Waals surface area contributed by atoms with Crippen LogP contribution in [0, 0.1) is 17.8 Å². The molecule has 0 heterocycles. The molecule has 0 aromatic heterocycles. The van der Waals surface area contributed by atoms with Gasteiger partial charge < -0.3 is 31.3 Å². The summed E-state index contributed by atoms with van der Waals surface area (Å²) in [5.74, 6) is 1.29. The molecule has 0 radical (unpaired) electrons. The Balaban J connectivity index is 2.18. The first-order valence-electron chi connectivity index (χ1n) is 10.8. The van der Waals surface area contributed by atoms with E-state index in [1.54, 1.807) is 42.7 Å². The zero-order chi connectivity index (χ0) is 21.3. The highest BCUT2D eigenvalue weighted by Crippen LogP contribution is 2.79. The van der Waals surface area contributed by atoms with Crippen LogP contribution in [0.1, 0.15) is 45.4 Å². The summed E-state index contributed by atoms with van der Waals surface area (Å²) >= 11 is 0. The van der Waals surface area contributed by atoms with Crippen molar-refractivity contribution in [3.05, 3.63) is 0 Å². The topological polar surface area (TPSA) is 64.6 Å². The van der Waals surface area contributed by atoms with E-state index in [1.807, 2.05) is 0 Å². The van der Waals surface area contributed by atoms with Crippen LogP contribution in [0.4, 0.5) is 0 Å². The fourth-order valence-electron chi connectivity index (χ4n) is 7.59.